The fourth-order valence-electron chi connectivity index (χ4n) is 2.03. The van der Waals surface area contributed by atoms with Gasteiger partial charge in [-0.25, -0.2) is 4.98 Å². The number of hydrogen-bond donors (Lipinski definition) is 0. The second-order valence-corrected chi connectivity index (χ2v) is 6.84. The van der Waals surface area contributed by atoms with Gasteiger partial charge in [0.05, 0.1) is 28.3 Å². The Labute approximate surface area is 155 Å². The summed E-state index contributed by atoms with van der Waals surface area (Å²) in [6, 6.07) is 5.33. The molecule has 0 radical (unpaired) electrons. The molecule has 0 aliphatic heterocycles. The molecule has 1 amide bonds. The first-order chi connectivity index (χ1) is 11.5. The first-order valence-corrected chi connectivity index (χ1v) is 8.94. The molecule has 4 nitrogen and oxygen atoms in total. The van der Waals surface area contributed by atoms with E-state index in [0.29, 0.717) is 21.7 Å². The van der Waals surface area contributed by atoms with E-state index in [-0.39, 0.29) is 18.4 Å². The Morgan fingerprint density at radius 2 is 2.21 bits per heavy atom. The van der Waals surface area contributed by atoms with E-state index in [2.05, 4.69) is 11.6 Å². The van der Waals surface area contributed by atoms with Crippen molar-refractivity contribution in [3.05, 3.63) is 46.3 Å². The normalized spacial score (nSPS) is 12.0. The first kappa shape index (κ1) is 18.9. The molecule has 2 rings (SSSR count). The monoisotopic (exact) mass is 384 g/mol. The highest BCUT2D eigenvalue weighted by molar-refractivity contribution is 7.14. The molecule has 0 aliphatic carbocycles. The van der Waals surface area contributed by atoms with Crippen LogP contribution in [-0.4, -0.2) is 30.6 Å². The average molecular weight is 385 g/mol. The van der Waals surface area contributed by atoms with Gasteiger partial charge in [-0.15, -0.1) is 17.9 Å². The maximum Gasteiger partial charge on any atom is 0.231 e. The van der Waals surface area contributed by atoms with Crippen LogP contribution in [0.15, 0.2) is 36.2 Å². The second-order valence-electron chi connectivity index (χ2n) is 5.19. The van der Waals surface area contributed by atoms with Crippen molar-refractivity contribution in [2.75, 3.05) is 18.6 Å². The predicted octanol–water partition coefficient (Wildman–Crippen LogP) is 5.06. The van der Waals surface area contributed by atoms with E-state index in [9.17, 15) is 4.79 Å². The molecule has 0 saturated carbocycles. The molecular formula is C17H18Cl2N2O2S. The van der Waals surface area contributed by atoms with Crippen LogP contribution in [0, 0.1) is 0 Å². The minimum Gasteiger partial charge on any atom is -0.381 e. The van der Waals surface area contributed by atoms with E-state index in [0.717, 1.165) is 11.3 Å². The lowest BCUT2D eigenvalue weighted by atomic mass is 10.2. The molecule has 0 aliphatic rings. The summed E-state index contributed by atoms with van der Waals surface area (Å²) in [6.07, 6.45) is 1.81. The first-order valence-electron chi connectivity index (χ1n) is 7.31. The zero-order valence-corrected chi connectivity index (χ0v) is 15.8. The highest BCUT2D eigenvalue weighted by Crippen LogP contribution is 2.32. The van der Waals surface area contributed by atoms with Gasteiger partial charge in [0, 0.05) is 24.6 Å². The van der Waals surface area contributed by atoms with Gasteiger partial charge in [0.2, 0.25) is 5.91 Å². The third kappa shape index (κ3) is 4.57. The van der Waals surface area contributed by atoms with Crippen LogP contribution in [0.3, 0.4) is 0 Å². The van der Waals surface area contributed by atoms with Crippen molar-refractivity contribution in [1.82, 2.24) is 4.98 Å². The number of thiazole rings is 1. The number of benzene rings is 1. The fraction of sp³-hybridized carbons (Fsp3) is 0.294. The summed E-state index contributed by atoms with van der Waals surface area (Å²) in [6.45, 7) is 5.96. The minimum absolute atomic E-state index is 0.0562. The van der Waals surface area contributed by atoms with E-state index < -0.39 is 0 Å². The maximum absolute atomic E-state index is 12.5. The molecule has 0 saturated heterocycles. The fourth-order valence-corrected chi connectivity index (χ4v) is 3.19. The number of aromatic nitrogens is 1. The van der Waals surface area contributed by atoms with Crippen LogP contribution in [0.25, 0.3) is 11.3 Å². The zero-order valence-electron chi connectivity index (χ0n) is 13.5. The topological polar surface area (TPSA) is 42.4 Å². The van der Waals surface area contributed by atoms with Gasteiger partial charge in [-0.2, -0.15) is 0 Å². The smallest absolute Gasteiger partial charge is 0.231 e. The summed E-state index contributed by atoms with van der Waals surface area (Å²) in [5, 5.41) is 3.46. The van der Waals surface area contributed by atoms with Crippen LogP contribution in [0.1, 0.15) is 13.3 Å². The molecule has 1 aromatic heterocycles. The van der Waals surface area contributed by atoms with Gasteiger partial charge in [-0.05, 0) is 19.1 Å². The van der Waals surface area contributed by atoms with Crippen LogP contribution < -0.4 is 4.90 Å². The number of carbonyl (C=O) groups excluding carboxylic acids is 1. The highest BCUT2D eigenvalue weighted by Gasteiger charge is 2.20. The van der Waals surface area contributed by atoms with Gasteiger partial charge in [-0.3, -0.25) is 9.69 Å². The summed E-state index contributed by atoms with van der Waals surface area (Å²) in [5.74, 6) is -0.0562. The lowest BCUT2D eigenvalue weighted by Crippen LogP contribution is -2.33. The second kappa shape index (κ2) is 8.62. The molecule has 2 aromatic rings. The van der Waals surface area contributed by atoms with Crippen molar-refractivity contribution in [2.24, 2.45) is 0 Å². The maximum atomic E-state index is 12.5. The van der Waals surface area contributed by atoms with E-state index >= 15 is 0 Å². The van der Waals surface area contributed by atoms with Gasteiger partial charge < -0.3 is 4.74 Å². The van der Waals surface area contributed by atoms with Gasteiger partial charge in [0.15, 0.2) is 5.13 Å². The Balaban J connectivity index is 2.26. The van der Waals surface area contributed by atoms with Crippen molar-refractivity contribution in [1.29, 1.82) is 0 Å². The molecule has 0 N–H and O–H groups in total. The summed E-state index contributed by atoms with van der Waals surface area (Å²) >= 11 is 13.4. The summed E-state index contributed by atoms with van der Waals surface area (Å²) < 4.78 is 5.17. The number of carbonyl (C=O) groups is 1. The number of halogens is 2. The molecule has 1 atom stereocenters. The van der Waals surface area contributed by atoms with Crippen molar-refractivity contribution >= 4 is 45.6 Å². The predicted molar refractivity (Wildman–Crippen MR) is 101 cm³/mol. The van der Waals surface area contributed by atoms with Crippen molar-refractivity contribution in [3.63, 3.8) is 0 Å². The third-order valence-electron chi connectivity index (χ3n) is 3.42. The number of ether oxygens (including phenoxy) is 1. The number of amides is 1. The molecule has 128 valence electrons. The summed E-state index contributed by atoms with van der Waals surface area (Å²) in [7, 11) is 1.58. The van der Waals surface area contributed by atoms with E-state index in [1.165, 1.54) is 11.3 Å². The van der Waals surface area contributed by atoms with Gasteiger partial charge in [0.1, 0.15) is 0 Å². The average Bonchev–Trinajstić information content (AvgIpc) is 3.04. The number of hydrogen-bond acceptors (Lipinski definition) is 4. The van der Waals surface area contributed by atoms with E-state index in [1.807, 2.05) is 18.4 Å². The molecular weight excluding hydrogens is 367 g/mol. The molecule has 24 heavy (non-hydrogen) atoms. The Kier molecular flexibility index (Phi) is 6.80. The van der Waals surface area contributed by atoms with E-state index in [1.54, 1.807) is 30.2 Å². The largest absolute Gasteiger partial charge is 0.381 e. The number of anilines is 1. The van der Waals surface area contributed by atoms with Crippen LogP contribution in [0.4, 0.5) is 5.13 Å². The van der Waals surface area contributed by atoms with Crippen LogP contribution in [0.2, 0.25) is 10.0 Å². The minimum atomic E-state index is -0.153. The van der Waals surface area contributed by atoms with Crippen LogP contribution in [-0.2, 0) is 9.53 Å². The van der Waals surface area contributed by atoms with Crippen molar-refractivity contribution in [3.8, 4) is 11.3 Å². The van der Waals surface area contributed by atoms with Crippen molar-refractivity contribution in [2.45, 2.75) is 19.4 Å². The Morgan fingerprint density at radius 1 is 1.46 bits per heavy atom. The Hall–Kier alpha value is -1.40. The lowest BCUT2D eigenvalue weighted by Gasteiger charge is -2.19. The number of nitrogens with zero attached hydrogens (tertiary/aromatic N) is 2. The van der Waals surface area contributed by atoms with Gasteiger partial charge >= 0.3 is 0 Å². The number of rotatable bonds is 7. The molecule has 1 aromatic carbocycles. The SMILES string of the molecule is C=CCN(C(=O)CC(C)OC)c1nc(-c2ccc(Cl)c(Cl)c2)cs1. The number of methoxy groups -OCH3 is 1. The van der Waals surface area contributed by atoms with Crippen LogP contribution in [0.5, 0.6) is 0 Å². The van der Waals surface area contributed by atoms with Crippen LogP contribution >= 0.6 is 34.5 Å². The molecule has 0 bridgehead atoms. The van der Waals surface area contributed by atoms with Gasteiger partial charge in [0.25, 0.3) is 0 Å². The lowest BCUT2D eigenvalue weighted by molar-refractivity contribution is -0.120. The summed E-state index contributed by atoms with van der Waals surface area (Å²) in [4.78, 5) is 18.6. The highest BCUT2D eigenvalue weighted by atomic mass is 35.5. The van der Waals surface area contributed by atoms with Crippen molar-refractivity contribution < 1.29 is 9.53 Å². The Bertz CT molecular complexity index is 733. The standard InChI is InChI=1S/C17H18Cl2N2O2S/c1-4-7-21(16(22)8-11(2)23-3)17-20-15(10-24-17)12-5-6-13(18)14(19)9-12/h4-6,9-11H,1,7-8H2,2-3H3. The molecule has 1 unspecified atom stereocenters. The summed E-state index contributed by atoms with van der Waals surface area (Å²) in [5.41, 5.74) is 1.60. The molecule has 0 fully saturated rings. The van der Waals surface area contributed by atoms with Gasteiger partial charge in [-0.1, -0.05) is 35.3 Å². The Morgan fingerprint density at radius 3 is 2.83 bits per heavy atom. The van der Waals surface area contributed by atoms with E-state index in [4.69, 9.17) is 27.9 Å². The third-order valence-corrected chi connectivity index (χ3v) is 5.02. The zero-order chi connectivity index (χ0) is 17.7. The quantitative estimate of drug-likeness (QED) is 0.626. The molecule has 7 heteroatoms. The molecule has 0 spiro atoms. The molecule has 1 heterocycles.